The van der Waals surface area contributed by atoms with Gasteiger partial charge in [-0.1, -0.05) is 51.4 Å². The Kier molecular flexibility index (Phi) is 7.80. The lowest BCUT2D eigenvalue weighted by Crippen LogP contribution is -2.16. The van der Waals surface area contributed by atoms with E-state index in [1.165, 1.54) is 11.8 Å². The van der Waals surface area contributed by atoms with Gasteiger partial charge in [0.15, 0.2) is 17.1 Å². The second kappa shape index (κ2) is 10.3. The fourth-order valence-corrected chi connectivity index (χ4v) is 4.34. The summed E-state index contributed by atoms with van der Waals surface area (Å²) in [6.45, 7) is 6.52. The number of rotatable bonds is 8. The molecule has 0 saturated carbocycles. The lowest BCUT2D eigenvalue weighted by atomic mass is 10.2. The molecule has 0 spiro atoms. The van der Waals surface area contributed by atoms with Gasteiger partial charge < -0.3 is 14.6 Å². The third-order valence-corrected chi connectivity index (χ3v) is 6.13. The number of halogens is 2. The molecular weight excluding hydrogens is 488 g/mol. The van der Waals surface area contributed by atoms with Crippen LogP contribution in [0.3, 0.4) is 0 Å². The number of carbonyl (C=O) groups excluding carboxylic acids is 1. The number of aryl methyl sites for hydroxylation is 1. The Balaban J connectivity index is 1.65. The summed E-state index contributed by atoms with van der Waals surface area (Å²) in [7, 11) is 0. The molecule has 1 aromatic heterocycles. The molecule has 3 rings (SSSR count). The highest BCUT2D eigenvalue weighted by molar-refractivity contribution is 9.10. The summed E-state index contributed by atoms with van der Waals surface area (Å²) in [6.07, 6.45) is -0.342. The molecule has 0 aliphatic rings. The third-order valence-electron chi connectivity index (χ3n) is 4.36. The molecule has 1 N–H and O–H groups in total. The monoisotopic (exact) mass is 508 g/mol. The van der Waals surface area contributed by atoms with Crippen molar-refractivity contribution < 1.29 is 9.53 Å². The van der Waals surface area contributed by atoms with Crippen LogP contribution < -0.4 is 10.1 Å². The predicted octanol–water partition coefficient (Wildman–Crippen LogP) is 5.89. The summed E-state index contributed by atoms with van der Waals surface area (Å²) >= 11 is 11.0. The van der Waals surface area contributed by atoms with Crippen LogP contribution in [0.2, 0.25) is 5.02 Å². The largest absolute Gasteiger partial charge is 0.481 e. The minimum absolute atomic E-state index is 0.0991. The average molecular weight is 510 g/mol. The fraction of sp³-hybridized carbons (Fsp3) is 0.286. The van der Waals surface area contributed by atoms with Gasteiger partial charge in [0.05, 0.1) is 10.8 Å². The lowest BCUT2D eigenvalue weighted by Gasteiger charge is -2.16. The molecular formula is C21H22BrClN4O2S. The van der Waals surface area contributed by atoms with E-state index in [4.69, 9.17) is 16.3 Å². The van der Waals surface area contributed by atoms with Gasteiger partial charge in [-0.3, -0.25) is 4.79 Å². The molecule has 1 heterocycles. The predicted molar refractivity (Wildman–Crippen MR) is 124 cm³/mol. The first-order valence-corrected chi connectivity index (χ1v) is 11.6. The maximum absolute atomic E-state index is 12.4. The Morgan fingerprint density at radius 3 is 2.77 bits per heavy atom. The number of aromatic nitrogens is 3. The summed E-state index contributed by atoms with van der Waals surface area (Å²) in [6, 6.07) is 13.0. The maximum Gasteiger partial charge on any atom is 0.234 e. The third kappa shape index (κ3) is 5.56. The zero-order valence-corrected chi connectivity index (χ0v) is 20.0. The molecule has 0 aliphatic heterocycles. The smallest absolute Gasteiger partial charge is 0.234 e. The summed E-state index contributed by atoms with van der Waals surface area (Å²) in [5.41, 5.74) is 1.79. The van der Waals surface area contributed by atoms with Gasteiger partial charge in [-0.15, -0.1) is 10.2 Å². The van der Waals surface area contributed by atoms with Crippen LogP contribution in [0.5, 0.6) is 5.75 Å². The number of thioether (sulfide) groups is 1. The summed E-state index contributed by atoms with van der Waals surface area (Å²) in [5.74, 6) is 1.41. The maximum atomic E-state index is 12.4. The van der Waals surface area contributed by atoms with Crippen LogP contribution >= 0.6 is 39.3 Å². The van der Waals surface area contributed by atoms with Crippen LogP contribution in [0.1, 0.15) is 31.3 Å². The van der Waals surface area contributed by atoms with Gasteiger partial charge >= 0.3 is 0 Å². The SMILES string of the molecule is CCn1c(SCC(=O)Nc2ccc(Br)cc2C)nnc1[C@@H](C)Oc1ccccc1Cl. The molecule has 0 saturated heterocycles. The van der Waals surface area contributed by atoms with Crippen molar-refractivity contribution in [2.75, 3.05) is 11.1 Å². The van der Waals surface area contributed by atoms with Crippen LogP contribution in [0.15, 0.2) is 52.1 Å². The molecule has 30 heavy (non-hydrogen) atoms. The van der Waals surface area contributed by atoms with Gasteiger partial charge in [-0.05, 0) is 56.7 Å². The van der Waals surface area contributed by atoms with E-state index in [0.29, 0.717) is 28.3 Å². The number of carbonyl (C=O) groups is 1. The topological polar surface area (TPSA) is 69.0 Å². The Morgan fingerprint density at radius 1 is 1.30 bits per heavy atom. The molecule has 158 valence electrons. The first-order valence-electron chi connectivity index (χ1n) is 9.42. The molecule has 9 heteroatoms. The van der Waals surface area contributed by atoms with E-state index < -0.39 is 0 Å². The van der Waals surface area contributed by atoms with Crippen molar-refractivity contribution in [2.24, 2.45) is 0 Å². The summed E-state index contributed by atoms with van der Waals surface area (Å²) < 4.78 is 8.89. The minimum atomic E-state index is -0.342. The van der Waals surface area contributed by atoms with Gasteiger partial charge in [0.1, 0.15) is 5.75 Å². The number of hydrogen-bond donors (Lipinski definition) is 1. The van der Waals surface area contributed by atoms with Crippen molar-refractivity contribution in [2.45, 2.75) is 38.6 Å². The Labute approximate surface area is 193 Å². The van der Waals surface area contributed by atoms with Gasteiger partial charge in [0.25, 0.3) is 0 Å². The van der Waals surface area contributed by atoms with E-state index >= 15 is 0 Å². The van der Waals surface area contributed by atoms with Gasteiger partial charge in [0, 0.05) is 16.7 Å². The average Bonchev–Trinajstić information content (AvgIpc) is 3.13. The molecule has 0 bridgehead atoms. The Bertz CT molecular complexity index is 1040. The molecule has 1 atom stereocenters. The van der Waals surface area contributed by atoms with Crippen LogP contribution in [0.25, 0.3) is 0 Å². The molecule has 0 unspecified atom stereocenters. The second-order valence-electron chi connectivity index (χ2n) is 6.57. The highest BCUT2D eigenvalue weighted by atomic mass is 79.9. The molecule has 1 amide bonds. The van der Waals surface area contributed by atoms with E-state index in [-0.39, 0.29) is 17.8 Å². The summed E-state index contributed by atoms with van der Waals surface area (Å²) in [4.78, 5) is 12.4. The standard InChI is InChI=1S/C21H22BrClN4O2S/c1-4-27-20(14(3)29-18-8-6-5-7-16(18)23)25-26-21(27)30-12-19(28)24-17-10-9-15(22)11-13(17)2/h5-11,14H,4,12H2,1-3H3,(H,24,28)/t14-/m1/s1. The van der Waals surface area contributed by atoms with E-state index in [1.807, 2.05) is 61.7 Å². The molecule has 3 aromatic rings. The zero-order valence-electron chi connectivity index (χ0n) is 16.9. The summed E-state index contributed by atoms with van der Waals surface area (Å²) in [5, 5.41) is 12.7. The number of hydrogen-bond acceptors (Lipinski definition) is 5. The number of benzene rings is 2. The molecule has 2 aromatic carbocycles. The van der Waals surface area contributed by atoms with Crippen molar-refractivity contribution in [1.82, 2.24) is 14.8 Å². The van der Waals surface area contributed by atoms with Crippen molar-refractivity contribution in [3.63, 3.8) is 0 Å². The first-order chi connectivity index (χ1) is 14.4. The molecule has 6 nitrogen and oxygen atoms in total. The number of ether oxygens (including phenoxy) is 1. The normalized spacial score (nSPS) is 11.9. The Morgan fingerprint density at radius 2 is 2.07 bits per heavy atom. The van der Waals surface area contributed by atoms with Crippen LogP contribution in [0.4, 0.5) is 5.69 Å². The van der Waals surface area contributed by atoms with Crippen molar-refractivity contribution in [3.05, 3.63) is 63.3 Å². The number of nitrogens with zero attached hydrogens (tertiary/aromatic N) is 3. The fourth-order valence-electron chi connectivity index (χ4n) is 2.87. The van der Waals surface area contributed by atoms with Crippen molar-refractivity contribution >= 4 is 50.9 Å². The van der Waals surface area contributed by atoms with E-state index in [1.54, 1.807) is 6.07 Å². The van der Waals surface area contributed by atoms with Crippen LogP contribution in [-0.2, 0) is 11.3 Å². The van der Waals surface area contributed by atoms with Crippen molar-refractivity contribution in [1.29, 1.82) is 0 Å². The minimum Gasteiger partial charge on any atom is -0.481 e. The first kappa shape index (κ1) is 22.7. The Hall–Kier alpha value is -2.03. The van der Waals surface area contributed by atoms with Crippen molar-refractivity contribution in [3.8, 4) is 5.75 Å². The lowest BCUT2D eigenvalue weighted by molar-refractivity contribution is -0.113. The molecule has 0 radical (unpaired) electrons. The number of nitrogens with one attached hydrogen (secondary N) is 1. The number of amides is 1. The second-order valence-corrected chi connectivity index (χ2v) is 8.84. The number of para-hydroxylation sites is 1. The van der Waals surface area contributed by atoms with Gasteiger partial charge in [0.2, 0.25) is 5.91 Å². The van der Waals surface area contributed by atoms with Gasteiger partial charge in [-0.25, -0.2) is 0 Å². The number of anilines is 1. The van der Waals surface area contributed by atoms with Crippen LogP contribution in [0, 0.1) is 6.92 Å². The highest BCUT2D eigenvalue weighted by Gasteiger charge is 2.20. The van der Waals surface area contributed by atoms with E-state index in [0.717, 1.165) is 15.7 Å². The molecule has 0 aliphatic carbocycles. The van der Waals surface area contributed by atoms with Gasteiger partial charge in [-0.2, -0.15) is 0 Å². The van der Waals surface area contributed by atoms with Crippen LogP contribution in [-0.4, -0.2) is 26.4 Å². The highest BCUT2D eigenvalue weighted by Crippen LogP contribution is 2.29. The zero-order chi connectivity index (χ0) is 21.7. The van der Waals surface area contributed by atoms with E-state index in [9.17, 15) is 4.79 Å². The van der Waals surface area contributed by atoms with E-state index in [2.05, 4.69) is 31.4 Å². The molecule has 0 fully saturated rings. The quantitative estimate of drug-likeness (QED) is 0.383.